The van der Waals surface area contributed by atoms with E-state index in [4.69, 9.17) is 16.1 Å². The maximum atomic E-state index is 15.8. The van der Waals surface area contributed by atoms with Gasteiger partial charge in [-0.05, 0) is 112 Å². The molecule has 4 rings (SSSR count). The van der Waals surface area contributed by atoms with E-state index in [1.165, 1.54) is 30.9 Å². The normalized spacial score (nSPS) is 16.7. The van der Waals surface area contributed by atoms with Crippen molar-refractivity contribution in [3.63, 3.8) is 0 Å². The number of carbonyl (C=O) groups excluding carboxylic acids is 2. The topological polar surface area (TPSA) is 218 Å². The van der Waals surface area contributed by atoms with Crippen molar-refractivity contribution in [3.8, 4) is 11.4 Å². The van der Waals surface area contributed by atoms with Crippen molar-refractivity contribution in [2.75, 3.05) is 6.54 Å². The summed E-state index contributed by atoms with van der Waals surface area (Å²) in [5.41, 5.74) is 5.85. The number of hydrogen-bond donors (Lipinski definition) is 6. The number of nitrogens with two attached hydrogens (primary N) is 1. The Balaban J connectivity index is 0.00000323. The number of benzene rings is 1. The van der Waals surface area contributed by atoms with Gasteiger partial charge in [-0.15, -0.1) is 0 Å². The molecule has 16 nitrogen and oxygen atoms in total. The lowest BCUT2D eigenvalue weighted by Crippen LogP contribution is -2.55. The molecule has 0 radical (unpaired) electrons. The van der Waals surface area contributed by atoms with Crippen molar-refractivity contribution in [1.82, 2.24) is 35.4 Å². The summed E-state index contributed by atoms with van der Waals surface area (Å²) in [7, 11) is 0. The highest BCUT2D eigenvalue weighted by molar-refractivity contribution is 7.79. The maximum absolute atomic E-state index is 15.8. The zero-order valence-corrected chi connectivity index (χ0v) is 41.6. The number of amidine groups is 1. The number of allylic oxidation sites excluding steroid dienone is 4. The van der Waals surface area contributed by atoms with Crippen LogP contribution in [0.4, 0.5) is 26.3 Å². The van der Waals surface area contributed by atoms with Crippen LogP contribution in [0, 0.1) is 17.7 Å². The molecule has 6 N–H and O–H groups in total. The molecule has 23 heteroatoms. The van der Waals surface area contributed by atoms with Crippen LogP contribution in [-0.2, 0) is 28.2 Å². The first-order valence-corrected chi connectivity index (χ1v) is 23.1. The number of halogens is 6. The lowest BCUT2D eigenvalue weighted by Gasteiger charge is -2.33. The minimum Gasteiger partial charge on any atom is -0.404 e. The van der Waals surface area contributed by atoms with Gasteiger partial charge in [0.15, 0.2) is 5.69 Å². The van der Waals surface area contributed by atoms with E-state index in [9.17, 15) is 36.3 Å². The summed E-state index contributed by atoms with van der Waals surface area (Å²) < 4.78 is 85.6. The number of aliphatic imine (C=N–C) groups is 3. The van der Waals surface area contributed by atoms with Gasteiger partial charge >= 0.3 is 12.7 Å². The third kappa shape index (κ3) is 18.1. The Labute approximate surface area is 409 Å². The van der Waals surface area contributed by atoms with Gasteiger partial charge in [-0.3, -0.25) is 29.5 Å². The second-order valence-corrected chi connectivity index (χ2v) is 16.7. The van der Waals surface area contributed by atoms with Crippen LogP contribution in [0.15, 0.2) is 85.8 Å². The average molecular weight is 1010 g/mol. The van der Waals surface area contributed by atoms with E-state index >= 15 is 4.39 Å². The number of amides is 2. The van der Waals surface area contributed by atoms with Gasteiger partial charge in [0.1, 0.15) is 23.4 Å². The minimum atomic E-state index is -4.86. The average Bonchev–Trinajstić information content (AvgIpc) is 3.96. The smallest absolute Gasteiger partial charge is 0.404 e. The van der Waals surface area contributed by atoms with Crippen molar-refractivity contribution >= 4 is 48.8 Å². The number of rotatable bonds is 21. The van der Waals surface area contributed by atoms with Crippen LogP contribution < -0.4 is 22.3 Å². The maximum Gasteiger partial charge on any atom is 0.435 e. The summed E-state index contributed by atoms with van der Waals surface area (Å²) in [6.07, 6.45) is 4.20. The molecule has 3 aromatic rings. The van der Waals surface area contributed by atoms with Gasteiger partial charge in [0.2, 0.25) is 12.3 Å². The summed E-state index contributed by atoms with van der Waals surface area (Å²) in [5, 5.41) is 24.4. The van der Waals surface area contributed by atoms with Crippen molar-refractivity contribution in [1.29, 1.82) is 0 Å². The molecule has 0 saturated heterocycles. The zero-order chi connectivity index (χ0) is 52.9. The Morgan fingerprint density at radius 2 is 1.74 bits per heavy atom. The Morgan fingerprint density at radius 1 is 1.07 bits per heavy atom. The molecule has 386 valence electrons. The highest BCUT2D eigenvalue weighted by Gasteiger charge is 2.41. The number of carbonyl (C=O) groups is 2. The van der Waals surface area contributed by atoms with Crippen molar-refractivity contribution < 1.29 is 46.3 Å². The number of thiol groups is 1. The quantitative estimate of drug-likeness (QED) is 0.0114. The van der Waals surface area contributed by atoms with Crippen LogP contribution in [0.2, 0.25) is 0 Å². The van der Waals surface area contributed by atoms with Gasteiger partial charge < -0.3 is 16.0 Å². The number of alkyl halides is 5. The van der Waals surface area contributed by atoms with E-state index in [-0.39, 0.29) is 60.1 Å². The zero-order valence-electron chi connectivity index (χ0n) is 40.8. The minimum absolute atomic E-state index is 0.00188. The molecule has 3 unspecified atom stereocenters. The molecule has 0 aliphatic heterocycles. The Kier molecular flexibility index (Phi) is 24.7. The van der Waals surface area contributed by atoms with Gasteiger partial charge in [-0.1, -0.05) is 57.6 Å². The van der Waals surface area contributed by atoms with Crippen LogP contribution in [-0.4, -0.2) is 90.1 Å². The molecule has 2 aromatic heterocycles. The molecule has 2 heterocycles. The summed E-state index contributed by atoms with van der Waals surface area (Å²) in [6.45, 7) is 13.3. The molecule has 2 amide bonds. The van der Waals surface area contributed by atoms with Gasteiger partial charge in [-0.2, -0.15) is 44.8 Å². The number of nitrogens with one attached hydrogen (secondary N) is 2. The molecule has 70 heavy (non-hydrogen) atoms. The van der Waals surface area contributed by atoms with E-state index in [1.807, 2.05) is 59.8 Å². The molecule has 1 aliphatic carbocycles. The van der Waals surface area contributed by atoms with E-state index < -0.39 is 47.3 Å². The van der Waals surface area contributed by atoms with E-state index in [0.717, 1.165) is 51.7 Å². The number of hydrogen-bond acceptors (Lipinski definition) is 12. The molecule has 1 aromatic carbocycles. The SMILES string of the molecule is C/C=C(/C)N=C(N=C/C(=C\C)c1ccc(C2C[C@H]2CCN(C=O)C(CC(=C/N)/C=N/C(F)F)C(=O)NC(C)(C)Cn2nc(C(F)(F)F)cc2-c2ccc(=O)n(CS)n2)c(F)c1)C(C)CC.CC.ONO. The first kappa shape index (κ1) is 60.2. The molecular formula is C47H65F6N11O5S. The van der Waals surface area contributed by atoms with E-state index in [1.54, 1.807) is 12.3 Å². The van der Waals surface area contributed by atoms with Crippen LogP contribution in [0.1, 0.15) is 111 Å². The second-order valence-electron chi connectivity index (χ2n) is 16.4. The third-order valence-corrected chi connectivity index (χ3v) is 11.3. The second kappa shape index (κ2) is 28.7. The van der Waals surface area contributed by atoms with Gasteiger partial charge in [0.05, 0.1) is 23.7 Å². The lowest BCUT2D eigenvalue weighted by molar-refractivity contribution is -0.141. The highest BCUT2D eigenvalue weighted by Crippen LogP contribution is 2.50. The molecule has 1 saturated carbocycles. The van der Waals surface area contributed by atoms with Crippen LogP contribution in [0.25, 0.3) is 17.0 Å². The Morgan fingerprint density at radius 3 is 2.29 bits per heavy atom. The molecule has 0 spiro atoms. The van der Waals surface area contributed by atoms with Gasteiger partial charge in [0, 0.05) is 43.1 Å². The Bertz CT molecular complexity index is 2430. The fourth-order valence-corrected chi connectivity index (χ4v) is 7.20. The van der Waals surface area contributed by atoms with E-state index in [2.05, 4.69) is 50.0 Å². The van der Waals surface area contributed by atoms with Crippen molar-refractivity contribution in [3.05, 3.63) is 99.0 Å². The Hall–Kier alpha value is -5.91. The lowest BCUT2D eigenvalue weighted by atomic mass is 10.00. The largest absolute Gasteiger partial charge is 0.435 e. The number of nitrogens with zero attached hydrogens (tertiary/aromatic N) is 8. The molecule has 0 bridgehead atoms. The predicted molar refractivity (Wildman–Crippen MR) is 262 cm³/mol. The van der Waals surface area contributed by atoms with Gasteiger partial charge in [-0.25, -0.2) is 24.0 Å². The van der Waals surface area contributed by atoms with Crippen molar-refractivity contribution in [2.45, 2.75) is 131 Å². The standard InChI is InChI=1S/C45H56F6N10O3S.C2H6.H3NO2/c1-8-27(4)41(55-28(5)9-2)53-23-30(10-3)31-11-12-33(35(46)19-31)34-18-32(34)15-16-59(25-62)38(17-29(21-52)22-54-43(47)48)42(64)56-44(6,7)24-60-37(20-39(58-60)45(49,50)51)36-13-14-40(63)61(26-65)57-36;1-2;2-1-3/h9-14,19-23,25,27,32,34,38,43,65H,8,15-18,24,26,52H2,1-7H3,(H,56,64);1-2H3;1-3H/b28-9-,29-21-,30-10+,53-23?,54-22+,55-41?;;/t27?,32-,34?,38?;;/m1../s1. The van der Waals surface area contributed by atoms with Crippen LogP contribution in [0.3, 0.4) is 0 Å². The highest BCUT2D eigenvalue weighted by atomic mass is 32.1. The monoisotopic (exact) mass is 1010 g/mol. The molecule has 1 aliphatic rings. The van der Waals surface area contributed by atoms with Crippen LogP contribution >= 0.6 is 12.6 Å². The summed E-state index contributed by atoms with van der Waals surface area (Å²) in [5.74, 6) is -0.817. The number of aromatic nitrogens is 4. The van der Waals surface area contributed by atoms with Crippen LogP contribution in [0.5, 0.6) is 0 Å². The fraction of sp³-hybridized carbons (Fsp3) is 0.489. The summed E-state index contributed by atoms with van der Waals surface area (Å²) >= 11 is 4.05. The van der Waals surface area contributed by atoms with E-state index in [0.29, 0.717) is 41.8 Å². The van der Waals surface area contributed by atoms with Crippen molar-refractivity contribution in [2.24, 2.45) is 32.5 Å². The fourth-order valence-electron chi connectivity index (χ4n) is 7.00. The summed E-state index contributed by atoms with van der Waals surface area (Å²) in [4.78, 5) is 52.5. The van der Waals surface area contributed by atoms with Gasteiger partial charge in [0.25, 0.3) is 5.56 Å². The first-order valence-electron chi connectivity index (χ1n) is 22.4. The molecule has 4 atom stereocenters. The summed E-state index contributed by atoms with van der Waals surface area (Å²) in [6, 6.07) is 6.77. The molecule has 1 fully saturated rings. The first-order chi connectivity index (χ1) is 33.1. The predicted octanol–water partition coefficient (Wildman–Crippen LogP) is 8.82. The third-order valence-electron chi connectivity index (χ3n) is 11.0. The molecular weight excluding hydrogens is 945 g/mol.